The summed E-state index contributed by atoms with van der Waals surface area (Å²) in [6.45, 7) is 7.98. The molecule has 0 bridgehead atoms. The van der Waals surface area contributed by atoms with E-state index < -0.39 is 0 Å². The summed E-state index contributed by atoms with van der Waals surface area (Å²) >= 11 is 0. The van der Waals surface area contributed by atoms with Crippen LogP contribution in [0.5, 0.6) is 0 Å². The highest BCUT2D eigenvalue weighted by Crippen LogP contribution is 2.18. The van der Waals surface area contributed by atoms with E-state index in [1.54, 1.807) is 0 Å². The van der Waals surface area contributed by atoms with E-state index in [-0.39, 0.29) is 23.9 Å². The lowest BCUT2D eigenvalue weighted by molar-refractivity contribution is -1.000. The summed E-state index contributed by atoms with van der Waals surface area (Å²) in [7, 11) is 0. The van der Waals surface area contributed by atoms with Gasteiger partial charge in [0.05, 0.1) is 0 Å². The van der Waals surface area contributed by atoms with Gasteiger partial charge in [0, 0.05) is 34.4 Å². The van der Waals surface area contributed by atoms with Crippen LogP contribution in [0.3, 0.4) is 0 Å². The maximum atomic E-state index is 13.0. The molecular formula is C22H30N2O2. The van der Waals surface area contributed by atoms with Crippen LogP contribution in [-0.2, 0) is 12.8 Å². The molecule has 2 unspecified atom stereocenters. The minimum atomic E-state index is -0.382. The Morgan fingerprint density at radius 3 is 1.19 bits per heavy atom. The zero-order chi connectivity index (χ0) is 19.1. The number of hydrogen-bond acceptors (Lipinski definition) is 2. The van der Waals surface area contributed by atoms with Gasteiger partial charge in [-0.1, -0.05) is 88.4 Å². The molecule has 2 atom stereocenters. The summed E-state index contributed by atoms with van der Waals surface area (Å²) in [4.78, 5) is 1.34. The van der Waals surface area contributed by atoms with E-state index in [0.29, 0.717) is 22.6 Å². The first kappa shape index (κ1) is 20.0. The van der Waals surface area contributed by atoms with E-state index in [1.165, 1.54) is 0 Å². The summed E-state index contributed by atoms with van der Waals surface area (Å²) in [6.07, 6.45) is 1.13. The number of hydroxylamine groups is 2. The number of azo groups is 1. The quantitative estimate of drug-likeness (QED) is 0.381. The van der Waals surface area contributed by atoms with Crippen molar-refractivity contribution in [2.75, 3.05) is 0 Å². The maximum absolute atomic E-state index is 13.0. The summed E-state index contributed by atoms with van der Waals surface area (Å²) in [5, 5.41) is 25.9. The van der Waals surface area contributed by atoms with Crippen molar-refractivity contribution >= 4 is 0 Å². The van der Waals surface area contributed by atoms with Crippen LogP contribution >= 0.6 is 0 Å². The van der Waals surface area contributed by atoms with Crippen LogP contribution in [0.15, 0.2) is 60.7 Å². The van der Waals surface area contributed by atoms with Gasteiger partial charge in [0.2, 0.25) is 12.1 Å². The molecule has 0 heterocycles. The molecule has 2 rings (SSSR count). The zero-order valence-electron chi connectivity index (χ0n) is 16.2. The third kappa shape index (κ3) is 5.32. The van der Waals surface area contributed by atoms with E-state index in [4.69, 9.17) is 0 Å². The van der Waals surface area contributed by atoms with Crippen LogP contribution < -0.4 is 0 Å². The molecule has 26 heavy (non-hydrogen) atoms. The van der Waals surface area contributed by atoms with Gasteiger partial charge in [0.25, 0.3) is 0 Å². The molecule has 0 saturated heterocycles. The predicted octanol–water partition coefficient (Wildman–Crippen LogP) is 4.99. The SMILES string of the molecule is CC(C)C(Cc1ccccc1)/[N+]([O-])=[N+](\[O-])C(Cc1ccccc1)C(C)C. The van der Waals surface area contributed by atoms with E-state index in [2.05, 4.69) is 0 Å². The van der Waals surface area contributed by atoms with Crippen LogP contribution in [0.4, 0.5) is 0 Å². The lowest BCUT2D eigenvalue weighted by Crippen LogP contribution is -2.41. The lowest BCUT2D eigenvalue weighted by atomic mass is 9.96. The smallest absolute Gasteiger partial charge is 0.235 e. The monoisotopic (exact) mass is 354 g/mol. The van der Waals surface area contributed by atoms with Crippen LogP contribution in [-0.4, -0.2) is 21.8 Å². The molecule has 2 aromatic rings. The topological polar surface area (TPSA) is 52.1 Å². The molecule has 0 aromatic heterocycles. The summed E-state index contributed by atoms with van der Waals surface area (Å²) in [5.74, 6) is 0.155. The number of rotatable bonds is 8. The molecule has 0 fully saturated rings. The second-order valence-electron chi connectivity index (χ2n) is 7.61. The molecule has 4 heteroatoms. The molecule has 140 valence electrons. The number of hydrogen-bond donors (Lipinski definition) is 0. The highest BCUT2D eigenvalue weighted by atomic mass is 16.6. The van der Waals surface area contributed by atoms with Gasteiger partial charge in [-0.15, -0.1) is 0 Å². The third-order valence-electron chi connectivity index (χ3n) is 4.88. The molecule has 0 spiro atoms. The van der Waals surface area contributed by atoms with E-state index in [9.17, 15) is 10.4 Å². The third-order valence-corrected chi connectivity index (χ3v) is 4.88. The predicted molar refractivity (Wildman–Crippen MR) is 105 cm³/mol. The van der Waals surface area contributed by atoms with Crippen LogP contribution in [0.2, 0.25) is 0 Å². The van der Waals surface area contributed by atoms with Crippen molar-refractivity contribution < 1.29 is 9.72 Å². The Morgan fingerprint density at radius 1 is 0.615 bits per heavy atom. The van der Waals surface area contributed by atoms with E-state index in [0.717, 1.165) is 11.1 Å². The van der Waals surface area contributed by atoms with Gasteiger partial charge >= 0.3 is 0 Å². The molecule has 0 saturated carbocycles. The summed E-state index contributed by atoms with van der Waals surface area (Å²) in [6, 6.07) is 19.0. The first-order valence-electron chi connectivity index (χ1n) is 9.40. The van der Waals surface area contributed by atoms with Gasteiger partial charge < -0.3 is 10.4 Å². The minimum absolute atomic E-state index is 0.0775. The van der Waals surface area contributed by atoms with Crippen molar-refractivity contribution in [3.8, 4) is 0 Å². The molecule has 0 N–H and O–H groups in total. The standard InChI is InChI=1S/C22H30N2O2/c1-17(2)21(15-19-11-7-5-8-12-19)23(25)24(26)22(18(3)4)16-20-13-9-6-10-14-20/h5-14,17-18,21-22H,15-16H2,1-4H3/b24-23+. The molecular weight excluding hydrogens is 324 g/mol. The first-order chi connectivity index (χ1) is 12.4. The minimum Gasteiger partial charge on any atom is -0.567 e. The first-order valence-corrected chi connectivity index (χ1v) is 9.40. The van der Waals surface area contributed by atoms with E-state index >= 15 is 0 Å². The molecule has 0 radical (unpaired) electrons. The molecule has 0 amide bonds. The largest absolute Gasteiger partial charge is 0.567 e. The normalized spacial score (nSPS) is 15.0. The summed E-state index contributed by atoms with van der Waals surface area (Å²) < 4.78 is 0. The Kier molecular flexibility index (Phi) is 7.19. The van der Waals surface area contributed by atoms with Crippen molar-refractivity contribution in [3.63, 3.8) is 0 Å². The average molecular weight is 354 g/mol. The van der Waals surface area contributed by atoms with Gasteiger partial charge in [-0.25, -0.2) is 0 Å². The Labute approximate surface area is 157 Å². The lowest BCUT2D eigenvalue weighted by Gasteiger charge is -2.22. The van der Waals surface area contributed by atoms with Gasteiger partial charge in [0.1, 0.15) is 0 Å². The van der Waals surface area contributed by atoms with Gasteiger partial charge in [-0.2, -0.15) is 0 Å². The fourth-order valence-electron chi connectivity index (χ4n) is 3.14. The molecule has 0 aliphatic rings. The molecule has 2 aromatic carbocycles. The van der Waals surface area contributed by atoms with Crippen LogP contribution in [0, 0.1) is 22.3 Å². The molecule has 0 aliphatic carbocycles. The highest BCUT2D eigenvalue weighted by molar-refractivity contribution is 5.16. The Bertz CT molecular complexity index is 635. The Hall–Kier alpha value is -2.36. The fraction of sp³-hybridized carbons (Fsp3) is 0.455. The average Bonchev–Trinajstić information content (AvgIpc) is 2.64. The van der Waals surface area contributed by atoms with Crippen LogP contribution in [0.1, 0.15) is 38.8 Å². The maximum Gasteiger partial charge on any atom is 0.235 e. The van der Waals surface area contributed by atoms with Crippen molar-refractivity contribution in [2.45, 2.75) is 52.6 Å². The van der Waals surface area contributed by atoms with Crippen molar-refractivity contribution in [1.29, 1.82) is 0 Å². The highest BCUT2D eigenvalue weighted by Gasteiger charge is 2.34. The second-order valence-corrected chi connectivity index (χ2v) is 7.61. The van der Waals surface area contributed by atoms with Crippen molar-refractivity contribution in [3.05, 3.63) is 82.2 Å². The number of benzene rings is 2. The summed E-state index contributed by atoms with van der Waals surface area (Å²) in [5.41, 5.74) is 2.15. The Balaban J connectivity index is 2.28. The number of nitrogens with zero attached hydrogens (tertiary/aromatic N) is 2. The fourth-order valence-corrected chi connectivity index (χ4v) is 3.14. The second kappa shape index (κ2) is 9.37. The van der Waals surface area contributed by atoms with E-state index in [1.807, 2.05) is 88.4 Å². The van der Waals surface area contributed by atoms with Crippen molar-refractivity contribution in [2.24, 2.45) is 11.8 Å². The molecule has 4 nitrogen and oxygen atoms in total. The Morgan fingerprint density at radius 2 is 0.923 bits per heavy atom. The zero-order valence-corrected chi connectivity index (χ0v) is 16.2. The van der Waals surface area contributed by atoms with Crippen LogP contribution in [0.25, 0.3) is 0 Å². The molecule has 0 aliphatic heterocycles. The van der Waals surface area contributed by atoms with Gasteiger partial charge in [0.15, 0.2) is 0 Å². The van der Waals surface area contributed by atoms with Crippen molar-refractivity contribution in [1.82, 2.24) is 0 Å². The van der Waals surface area contributed by atoms with Gasteiger partial charge in [-0.05, 0) is 11.1 Å². The van der Waals surface area contributed by atoms with Gasteiger partial charge in [-0.3, -0.25) is 0 Å².